The number of nitrogens with zero attached hydrogens (tertiary/aromatic N) is 2. The van der Waals surface area contributed by atoms with E-state index in [2.05, 4.69) is 11.5 Å². The molecule has 0 aliphatic carbocycles. The molecule has 2 aliphatic rings. The maximum atomic E-state index is 13.2. The first kappa shape index (κ1) is 23.7. The number of ether oxygens (including phenoxy) is 2. The summed E-state index contributed by atoms with van der Waals surface area (Å²) in [6.07, 6.45) is 1.66. The lowest BCUT2D eigenvalue weighted by atomic mass is 9.95. The average molecular weight is 463 g/mol. The number of ketones is 1. The van der Waals surface area contributed by atoms with Gasteiger partial charge in [0, 0.05) is 31.7 Å². The largest absolute Gasteiger partial charge is 0.507 e. The van der Waals surface area contributed by atoms with Crippen molar-refractivity contribution in [3.05, 3.63) is 83.4 Å². The van der Waals surface area contributed by atoms with Crippen molar-refractivity contribution in [3.8, 4) is 5.75 Å². The van der Waals surface area contributed by atoms with E-state index in [4.69, 9.17) is 9.47 Å². The molecule has 34 heavy (non-hydrogen) atoms. The normalized spacial score (nSPS) is 20.5. The smallest absolute Gasteiger partial charge is 0.295 e. The number of carbonyl (C=O) groups excluding carboxylic acids is 2. The fourth-order valence-corrected chi connectivity index (χ4v) is 4.43. The van der Waals surface area contributed by atoms with Crippen LogP contribution in [0.25, 0.3) is 5.76 Å². The van der Waals surface area contributed by atoms with Gasteiger partial charge in [0.2, 0.25) is 0 Å². The Labute approximate surface area is 199 Å². The van der Waals surface area contributed by atoms with Crippen molar-refractivity contribution >= 4 is 17.4 Å². The molecule has 7 heteroatoms. The first-order valence-corrected chi connectivity index (χ1v) is 11.5. The Morgan fingerprint density at radius 3 is 2.56 bits per heavy atom. The average Bonchev–Trinajstić information content (AvgIpc) is 3.12. The zero-order chi connectivity index (χ0) is 24.1. The third-order valence-corrected chi connectivity index (χ3v) is 6.22. The minimum Gasteiger partial charge on any atom is -0.507 e. The first-order valence-electron chi connectivity index (χ1n) is 11.5. The molecule has 0 spiro atoms. The molecule has 1 amide bonds. The summed E-state index contributed by atoms with van der Waals surface area (Å²) < 4.78 is 11.0. The number of hydrogen-bond donors (Lipinski definition) is 1. The Morgan fingerprint density at radius 2 is 1.88 bits per heavy atom. The highest BCUT2D eigenvalue weighted by Gasteiger charge is 2.46. The van der Waals surface area contributed by atoms with Crippen LogP contribution in [0.5, 0.6) is 5.75 Å². The summed E-state index contributed by atoms with van der Waals surface area (Å²) in [5, 5.41) is 11.3. The van der Waals surface area contributed by atoms with Crippen LogP contribution >= 0.6 is 0 Å². The van der Waals surface area contributed by atoms with Gasteiger partial charge in [0.25, 0.3) is 11.7 Å². The molecule has 2 saturated heterocycles. The second kappa shape index (κ2) is 10.7. The summed E-state index contributed by atoms with van der Waals surface area (Å²) in [4.78, 5) is 30.1. The number of carbonyl (C=O) groups is 2. The van der Waals surface area contributed by atoms with Crippen LogP contribution < -0.4 is 4.74 Å². The first-order chi connectivity index (χ1) is 16.5. The fourth-order valence-electron chi connectivity index (χ4n) is 4.43. The Kier molecular flexibility index (Phi) is 7.45. The zero-order valence-corrected chi connectivity index (χ0v) is 19.4. The number of aryl methyl sites for hydroxylation is 1. The van der Waals surface area contributed by atoms with Crippen LogP contribution in [0.4, 0.5) is 0 Å². The van der Waals surface area contributed by atoms with Gasteiger partial charge in [-0.05, 0) is 36.2 Å². The molecule has 2 aromatic carbocycles. The molecule has 178 valence electrons. The molecular weight excluding hydrogens is 432 g/mol. The van der Waals surface area contributed by atoms with Crippen molar-refractivity contribution in [2.24, 2.45) is 0 Å². The van der Waals surface area contributed by atoms with Gasteiger partial charge in [0.15, 0.2) is 0 Å². The Hall–Kier alpha value is -3.42. The predicted octanol–water partition coefficient (Wildman–Crippen LogP) is 3.31. The molecule has 4 rings (SSSR count). The molecule has 1 atom stereocenters. The van der Waals surface area contributed by atoms with Gasteiger partial charge in [-0.15, -0.1) is 0 Å². The van der Waals surface area contributed by atoms with Crippen molar-refractivity contribution in [1.29, 1.82) is 0 Å². The number of hydrogen-bond acceptors (Lipinski definition) is 6. The third kappa shape index (κ3) is 4.90. The minimum absolute atomic E-state index is 0.109. The van der Waals surface area contributed by atoms with E-state index in [0.29, 0.717) is 44.2 Å². The van der Waals surface area contributed by atoms with Crippen LogP contribution in [0, 0.1) is 6.92 Å². The summed E-state index contributed by atoms with van der Waals surface area (Å²) >= 11 is 0. The van der Waals surface area contributed by atoms with E-state index in [1.165, 1.54) is 0 Å². The highest BCUT2D eigenvalue weighted by molar-refractivity contribution is 6.46. The van der Waals surface area contributed by atoms with Crippen molar-refractivity contribution in [2.45, 2.75) is 13.0 Å². The molecule has 0 unspecified atom stereocenters. The molecule has 1 N–H and O–H groups in total. The summed E-state index contributed by atoms with van der Waals surface area (Å²) in [5.41, 5.74) is 2.17. The molecule has 2 fully saturated rings. The van der Waals surface area contributed by atoms with E-state index in [-0.39, 0.29) is 11.3 Å². The number of rotatable bonds is 8. The third-order valence-electron chi connectivity index (χ3n) is 6.22. The van der Waals surface area contributed by atoms with Crippen molar-refractivity contribution in [2.75, 3.05) is 46.0 Å². The SMILES string of the molecule is C=CCOc1ccc(C(O)=C2C(=O)C(=O)N(CCN3CCOCC3)[C@H]2c2ccccc2)cc1C. The summed E-state index contributed by atoms with van der Waals surface area (Å²) in [6, 6.07) is 13.9. The quantitative estimate of drug-likeness (QED) is 0.281. The van der Waals surface area contributed by atoms with Gasteiger partial charge < -0.3 is 19.5 Å². The van der Waals surface area contributed by atoms with Gasteiger partial charge >= 0.3 is 0 Å². The Morgan fingerprint density at radius 1 is 1.15 bits per heavy atom. The maximum Gasteiger partial charge on any atom is 0.295 e. The molecule has 0 aromatic heterocycles. The van der Waals surface area contributed by atoms with Crippen LogP contribution in [-0.4, -0.2) is 72.6 Å². The number of amides is 1. The Bertz CT molecular complexity index is 1090. The lowest BCUT2D eigenvalue weighted by Gasteiger charge is -2.31. The van der Waals surface area contributed by atoms with Gasteiger partial charge in [-0.1, -0.05) is 43.0 Å². The standard InChI is InChI=1S/C27H30N2O5/c1-3-15-34-22-10-9-21(18-19(22)2)25(30)23-24(20-7-5-4-6-8-20)29(27(32)26(23)31)12-11-28-13-16-33-17-14-28/h3-10,18,24,30H,1,11-17H2,2H3/t24-/m0/s1. The fraction of sp³-hybridized carbons (Fsp3) is 0.333. The molecule has 0 saturated carbocycles. The molecule has 2 aromatic rings. The number of aliphatic hydroxyl groups is 1. The van der Waals surface area contributed by atoms with Crippen molar-refractivity contribution < 1.29 is 24.2 Å². The molecule has 0 radical (unpaired) electrons. The van der Waals surface area contributed by atoms with Crippen LogP contribution in [0.3, 0.4) is 0 Å². The van der Waals surface area contributed by atoms with Crippen LogP contribution in [0.1, 0.15) is 22.7 Å². The minimum atomic E-state index is -0.669. The summed E-state index contributed by atoms with van der Waals surface area (Å²) in [5.74, 6) is -0.772. The van der Waals surface area contributed by atoms with E-state index in [0.717, 1.165) is 24.2 Å². The van der Waals surface area contributed by atoms with Crippen LogP contribution in [0.2, 0.25) is 0 Å². The van der Waals surface area contributed by atoms with Crippen LogP contribution in [-0.2, 0) is 14.3 Å². The summed E-state index contributed by atoms with van der Waals surface area (Å²) in [6.45, 7) is 9.81. The zero-order valence-electron chi connectivity index (χ0n) is 19.4. The molecular formula is C27H30N2O5. The molecule has 7 nitrogen and oxygen atoms in total. The number of Topliss-reactive ketones (excluding diaryl/α,β-unsaturated/α-hetero) is 1. The molecule has 2 aliphatic heterocycles. The maximum absolute atomic E-state index is 13.2. The van der Waals surface area contributed by atoms with Crippen molar-refractivity contribution in [1.82, 2.24) is 9.80 Å². The summed E-state index contributed by atoms with van der Waals surface area (Å²) in [7, 11) is 0. The number of likely N-dealkylation sites (tertiary alicyclic amines) is 1. The van der Waals surface area contributed by atoms with Gasteiger partial charge in [-0.2, -0.15) is 0 Å². The van der Waals surface area contributed by atoms with Gasteiger partial charge in [0.05, 0.1) is 24.8 Å². The van der Waals surface area contributed by atoms with E-state index in [1.54, 1.807) is 29.2 Å². The van der Waals surface area contributed by atoms with E-state index >= 15 is 0 Å². The molecule has 0 bridgehead atoms. The second-order valence-corrected chi connectivity index (χ2v) is 8.44. The topological polar surface area (TPSA) is 79.3 Å². The van der Waals surface area contributed by atoms with Crippen molar-refractivity contribution in [3.63, 3.8) is 0 Å². The number of morpholine rings is 1. The lowest BCUT2D eigenvalue weighted by Crippen LogP contribution is -2.42. The highest BCUT2D eigenvalue weighted by Crippen LogP contribution is 2.39. The van der Waals surface area contributed by atoms with Crippen LogP contribution in [0.15, 0.2) is 66.8 Å². The molecule has 2 heterocycles. The van der Waals surface area contributed by atoms with Gasteiger partial charge in [-0.3, -0.25) is 14.5 Å². The number of benzene rings is 2. The monoisotopic (exact) mass is 462 g/mol. The predicted molar refractivity (Wildman–Crippen MR) is 130 cm³/mol. The van der Waals surface area contributed by atoms with Gasteiger partial charge in [0.1, 0.15) is 18.1 Å². The van der Waals surface area contributed by atoms with Gasteiger partial charge in [-0.25, -0.2) is 0 Å². The Balaban J connectivity index is 1.70. The van der Waals surface area contributed by atoms with E-state index in [9.17, 15) is 14.7 Å². The highest BCUT2D eigenvalue weighted by atomic mass is 16.5. The second-order valence-electron chi connectivity index (χ2n) is 8.44. The number of aliphatic hydroxyl groups excluding tert-OH is 1. The lowest BCUT2D eigenvalue weighted by molar-refractivity contribution is -0.140. The van der Waals surface area contributed by atoms with E-state index < -0.39 is 17.7 Å². The van der Waals surface area contributed by atoms with E-state index in [1.807, 2.05) is 37.3 Å².